The van der Waals surface area contributed by atoms with Gasteiger partial charge in [0.2, 0.25) is 5.91 Å². The molecule has 0 atom stereocenters. The molecule has 1 heterocycles. The molecule has 3 rings (SSSR count). The van der Waals surface area contributed by atoms with Crippen LogP contribution in [-0.2, 0) is 9.53 Å². The van der Waals surface area contributed by atoms with Gasteiger partial charge in [-0.15, -0.1) is 0 Å². The normalized spacial score (nSPS) is 15.0. The molecule has 0 radical (unpaired) electrons. The number of morpholine rings is 1. The minimum Gasteiger partial charge on any atom is -0.496 e. The molecule has 0 saturated carbocycles. The van der Waals surface area contributed by atoms with E-state index in [1.807, 2.05) is 54.3 Å². The largest absolute Gasteiger partial charge is 0.496 e. The number of ether oxygens (including phenoxy) is 2. The van der Waals surface area contributed by atoms with Crippen molar-refractivity contribution in [3.8, 4) is 5.75 Å². The lowest BCUT2D eigenvalue weighted by molar-refractivity contribution is -0.129. The smallest absolute Gasteiger partial charge is 0.247 e. The van der Waals surface area contributed by atoms with Gasteiger partial charge in [-0.25, -0.2) is 0 Å². The Hall–Kier alpha value is -2.30. The second-order valence-electron chi connectivity index (χ2n) is 6.19. The number of rotatable bonds is 4. The molecular formula is C21H22ClNO3. The van der Waals surface area contributed by atoms with Gasteiger partial charge >= 0.3 is 0 Å². The molecule has 2 aromatic carbocycles. The Morgan fingerprint density at radius 1 is 1.12 bits per heavy atom. The van der Waals surface area contributed by atoms with Crippen LogP contribution in [-0.4, -0.2) is 44.2 Å². The van der Waals surface area contributed by atoms with Gasteiger partial charge in [0.1, 0.15) is 5.75 Å². The average molecular weight is 372 g/mol. The lowest BCUT2D eigenvalue weighted by Gasteiger charge is -2.26. The first-order chi connectivity index (χ1) is 12.6. The van der Waals surface area contributed by atoms with Gasteiger partial charge in [-0.2, -0.15) is 0 Å². The van der Waals surface area contributed by atoms with Gasteiger partial charge in [-0.3, -0.25) is 4.79 Å². The van der Waals surface area contributed by atoms with Crippen LogP contribution in [0, 0.1) is 6.92 Å². The number of hydrogen-bond donors (Lipinski definition) is 0. The van der Waals surface area contributed by atoms with Gasteiger partial charge < -0.3 is 14.4 Å². The van der Waals surface area contributed by atoms with Crippen molar-refractivity contribution in [1.82, 2.24) is 4.90 Å². The summed E-state index contributed by atoms with van der Waals surface area (Å²) in [6.45, 7) is 4.37. The lowest BCUT2D eigenvalue weighted by atomic mass is 9.96. The third-order valence-electron chi connectivity index (χ3n) is 4.46. The van der Waals surface area contributed by atoms with Crippen molar-refractivity contribution in [2.75, 3.05) is 33.4 Å². The second-order valence-corrected chi connectivity index (χ2v) is 6.62. The molecule has 4 nitrogen and oxygen atoms in total. The van der Waals surface area contributed by atoms with Crippen LogP contribution in [0.4, 0.5) is 0 Å². The summed E-state index contributed by atoms with van der Waals surface area (Å²) in [7, 11) is 1.65. The quantitative estimate of drug-likeness (QED) is 0.764. The number of carbonyl (C=O) groups excluding carboxylic acids is 1. The van der Waals surface area contributed by atoms with E-state index >= 15 is 0 Å². The van der Waals surface area contributed by atoms with Crippen LogP contribution in [0.25, 0.3) is 5.57 Å². The molecular weight excluding hydrogens is 350 g/mol. The third kappa shape index (κ3) is 4.26. The Labute approximate surface area is 159 Å². The van der Waals surface area contributed by atoms with Crippen LogP contribution in [0.1, 0.15) is 16.7 Å². The zero-order chi connectivity index (χ0) is 18.5. The maximum absolute atomic E-state index is 12.8. The molecule has 136 valence electrons. The Balaban J connectivity index is 2.02. The van der Waals surface area contributed by atoms with Crippen molar-refractivity contribution in [2.24, 2.45) is 0 Å². The number of carbonyl (C=O) groups is 1. The highest BCUT2D eigenvalue weighted by Crippen LogP contribution is 2.29. The van der Waals surface area contributed by atoms with E-state index in [-0.39, 0.29) is 5.91 Å². The summed E-state index contributed by atoms with van der Waals surface area (Å²) < 4.78 is 10.8. The van der Waals surface area contributed by atoms with Crippen LogP contribution in [0.3, 0.4) is 0 Å². The SMILES string of the molecule is COc1cc(C(=CC(=O)N2CCOCC2)c2ccc(Cl)cc2)ccc1C. The van der Waals surface area contributed by atoms with Crippen molar-refractivity contribution in [3.05, 3.63) is 70.3 Å². The van der Waals surface area contributed by atoms with Gasteiger partial charge in [0, 0.05) is 24.2 Å². The Morgan fingerprint density at radius 2 is 1.77 bits per heavy atom. The van der Waals surface area contributed by atoms with Gasteiger partial charge in [-0.1, -0.05) is 35.9 Å². The Bertz CT molecular complexity index is 809. The summed E-state index contributed by atoms with van der Waals surface area (Å²) in [6.07, 6.45) is 1.69. The summed E-state index contributed by atoms with van der Waals surface area (Å²) in [5.74, 6) is 0.777. The summed E-state index contributed by atoms with van der Waals surface area (Å²) in [5, 5.41) is 0.661. The first-order valence-corrected chi connectivity index (χ1v) is 8.95. The van der Waals surface area contributed by atoms with E-state index in [0.717, 1.165) is 28.0 Å². The van der Waals surface area contributed by atoms with Crippen molar-refractivity contribution < 1.29 is 14.3 Å². The van der Waals surface area contributed by atoms with E-state index in [1.54, 1.807) is 13.2 Å². The summed E-state index contributed by atoms with van der Waals surface area (Å²) in [4.78, 5) is 14.6. The molecule has 1 amide bonds. The fourth-order valence-electron chi connectivity index (χ4n) is 2.95. The van der Waals surface area contributed by atoms with Crippen molar-refractivity contribution in [3.63, 3.8) is 0 Å². The monoisotopic (exact) mass is 371 g/mol. The molecule has 2 aromatic rings. The van der Waals surface area contributed by atoms with E-state index < -0.39 is 0 Å². The highest BCUT2D eigenvalue weighted by Gasteiger charge is 2.17. The highest BCUT2D eigenvalue weighted by molar-refractivity contribution is 6.30. The first kappa shape index (κ1) is 18.5. The van der Waals surface area contributed by atoms with E-state index in [4.69, 9.17) is 21.1 Å². The molecule has 1 aliphatic heterocycles. The second kappa shape index (κ2) is 8.39. The Morgan fingerprint density at radius 3 is 2.42 bits per heavy atom. The summed E-state index contributed by atoms with van der Waals surface area (Å²) >= 11 is 6.03. The number of halogens is 1. The van der Waals surface area contributed by atoms with Crippen molar-refractivity contribution >= 4 is 23.1 Å². The third-order valence-corrected chi connectivity index (χ3v) is 4.72. The van der Waals surface area contributed by atoms with Gasteiger partial charge in [0.25, 0.3) is 0 Å². The Kier molecular flexibility index (Phi) is 5.96. The number of benzene rings is 2. The van der Waals surface area contributed by atoms with Crippen LogP contribution >= 0.6 is 11.6 Å². The van der Waals surface area contributed by atoms with Crippen LogP contribution in [0.5, 0.6) is 5.75 Å². The van der Waals surface area contributed by atoms with Crippen LogP contribution in [0.2, 0.25) is 5.02 Å². The topological polar surface area (TPSA) is 38.8 Å². The fraction of sp³-hybridized carbons (Fsp3) is 0.286. The fourth-order valence-corrected chi connectivity index (χ4v) is 3.07. The number of nitrogens with zero attached hydrogens (tertiary/aromatic N) is 1. The number of aryl methyl sites for hydroxylation is 1. The molecule has 1 fully saturated rings. The zero-order valence-electron chi connectivity index (χ0n) is 15.0. The minimum absolute atomic E-state index is 0.0159. The minimum atomic E-state index is -0.0159. The number of hydrogen-bond acceptors (Lipinski definition) is 3. The standard InChI is InChI=1S/C21H22ClNO3/c1-15-3-4-17(13-20(15)25-2)19(16-5-7-18(22)8-6-16)14-21(24)23-9-11-26-12-10-23/h3-8,13-14H,9-12H2,1-2H3. The molecule has 26 heavy (non-hydrogen) atoms. The molecule has 0 bridgehead atoms. The van der Waals surface area contributed by atoms with E-state index in [0.29, 0.717) is 31.3 Å². The zero-order valence-corrected chi connectivity index (χ0v) is 15.8. The van der Waals surface area contributed by atoms with Crippen LogP contribution in [0.15, 0.2) is 48.5 Å². The molecule has 0 N–H and O–H groups in total. The van der Waals surface area contributed by atoms with E-state index in [9.17, 15) is 4.79 Å². The highest BCUT2D eigenvalue weighted by atomic mass is 35.5. The molecule has 0 unspecified atom stereocenters. The molecule has 1 aliphatic rings. The van der Waals surface area contributed by atoms with E-state index in [1.165, 1.54) is 0 Å². The van der Waals surface area contributed by atoms with Gasteiger partial charge in [-0.05, 0) is 47.4 Å². The van der Waals surface area contributed by atoms with E-state index in [2.05, 4.69) is 0 Å². The molecule has 0 aliphatic carbocycles. The lowest BCUT2D eigenvalue weighted by Crippen LogP contribution is -2.39. The molecule has 0 spiro atoms. The van der Waals surface area contributed by atoms with Gasteiger partial charge in [0.15, 0.2) is 0 Å². The predicted octanol–water partition coefficient (Wildman–Crippen LogP) is 3.95. The molecule has 5 heteroatoms. The number of amides is 1. The number of methoxy groups -OCH3 is 1. The molecule has 0 aromatic heterocycles. The summed E-state index contributed by atoms with van der Waals surface area (Å²) in [5.41, 5.74) is 3.75. The van der Waals surface area contributed by atoms with Gasteiger partial charge in [0.05, 0.1) is 20.3 Å². The van der Waals surface area contributed by atoms with Crippen molar-refractivity contribution in [2.45, 2.75) is 6.92 Å². The maximum atomic E-state index is 12.8. The first-order valence-electron chi connectivity index (χ1n) is 8.58. The molecule has 1 saturated heterocycles. The maximum Gasteiger partial charge on any atom is 0.247 e. The van der Waals surface area contributed by atoms with Crippen LogP contribution < -0.4 is 4.74 Å². The summed E-state index contributed by atoms with van der Waals surface area (Å²) in [6, 6.07) is 13.5. The average Bonchev–Trinajstić information content (AvgIpc) is 2.68. The predicted molar refractivity (Wildman–Crippen MR) is 104 cm³/mol. The van der Waals surface area contributed by atoms with Crippen molar-refractivity contribution in [1.29, 1.82) is 0 Å².